The van der Waals surface area contributed by atoms with E-state index in [1.54, 1.807) is 0 Å². The summed E-state index contributed by atoms with van der Waals surface area (Å²) in [4.78, 5) is 0. The minimum absolute atomic E-state index is 0.0151. The molecule has 0 aromatic carbocycles. The first kappa shape index (κ1) is 11.0. The van der Waals surface area contributed by atoms with Crippen molar-refractivity contribution < 1.29 is 5.11 Å². The molecule has 3 N–H and O–H groups in total. The zero-order valence-corrected chi connectivity index (χ0v) is 9.09. The lowest BCUT2D eigenvalue weighted by Gasteiger charge is -2.41. The van der Waals surface area contributed by atoms with Crippen LogP contribution in [0.4, 0.5) is 0 Å². The molecular formula is C11H23NO. The van der Waals surface area contributed by atoms with Crippen molar-refractivity contribution >= 4 is 0 Å². The predicted molar refractivity (Wildman–Crippen MR) is 55.4 cm³/mol. The van der Waals surface area contributed by atoms with Gasteiger partial charge in [0.15, 0.2) is 0 Å². The van der Waals surface area contributed by atoms with Crippen molar-refractivity contribution in [3.8, 4) is 0 Å². The summed E-state index contributed by atoms with van der Waals surface area (Å²) in [6.07, 6.45) is 3.83. The highest BCUT2D eigenvalue weighted by Gasteiger charge is 2.38. The molecule has 2 nitrogen and oxygen atoms in total. The molecule has 3 atom stereocenters. The van der Waals surface area contributed by atoms with Crippen LogP contribution < -0.4 is 5.73 Å². The molecule has 3 unspecified atom stereocenters. The Balaban J connectivity index is 2.56. The average Bonchev–Trinajstić information content (AvgIpc) is 1.97. The standard InChI is InChI=1S/C11H23NO/c1-8(2)7-11(13)5-4-9(3)6-10(11)12/h8-10,13H,4-7,12H2,1-3H3. The number of nitrogens with two attached hydrogens (primary N) is 1. The molecule has 1 aliphatic rings. The number of hydrogen-bond donors (Lipinski definition) is 2. The Morgan fingerprint density at radius 1 is 1.54 bits per heavy atom. The van der Waals surface area contributed by atoms with Crippen LogP contribution in [0.2, 0.25) is 0 Å². The summed E-state index contributed by atoms with van der Waals surface area (Å²) in [7, 11) is 0. The van der Waals surface area contributed by atoms with Crippen LogP contribution in [0.1, 0.15) is 46.5 Å². The second-order valence-electron chi connectivity index (χ2n) is 5.19. The van der Waals surface area contributed by atoms with E-state index in [1.165, 1.54) is 0 Å². The van der Waals surface area contributed by atoms with Crippen LogP contribution >= 0.6 is 0 Å². The summed E-state index contributed by atoms with van der Waals surface area (Å²) >= 11 is 0. The van der Waals surface area contributed by atoms with Gasteiger partial charge in [-0.15, -0.1) is 0 Å². The first-order valence-electron chi connectivity index (χ1n) is 5.42. The molecule has 0 aliphatic heterocycles. The van der Waals surface area contributed by atoms with Crippen molar-refractivity contribution in [3.05, 3.63) is 0 Å². The average molecular weight is 185 g/mol. The SMILES string of the molecule is CC(C)CC1(O)CCC(C)CC1N. The summed E-state index contributed by atoms with van der Waals surface area (Å²) in [5, 5.41) is 10.3. The fraction of sp³-hybridized carbons (Fsp3) is 1.00. The maximum atomic E-state index is 10.3. The number of hydrogen-bond acceptors (Lipinski definition) is 2. The van der Waals surface area contributed by atoms with Crippen LogP contribution in [0, 0.1) is 11.8 Å². The Hall–Kier alpha value is -0.0800. The summed E-state index contributed by atoms with van der Waals surface area (Å²) in [5.41, 5.74) is 5.42. The molecular weight excluding hydrogens is 162 g/mol. The van der Waals surface area contributed by atoms with Crippen molar-refractivity contribution in [1.82, 2.24) is 0 Å². The van der Waals surface area contributed by atoms with Gasteiger partial charge in [-0.25, -0.2) is 0 Å². The monoisotopic (exact) mass is 185 g/mol. The van der Waals surface area contributed by atoms with Crippen molar-refractivity contribution in [1.29, 1.82) is 0 Å². The lowest BCUT2D eigenvalue weighted by Crippen LogP contribution is -2.52. The first-order valence-corrected chi connectivity index (χ1v) is 5.42. The maximum Gasteiger partial charge on any atom is 0.0800 e. The van der Waals surface area contributed by atoms with Crippen molar-refractivity contribution in [3.63, 3.8) is 0 Å². The Morgan fingerprint density at radius 2 is 2.15 bits per heavy atom. The van der Waals surface area contributed by atoms with E-state index in [4.69, 9.17) is 5.73 Å². The highest BCUT2D eigenvalue weighted by Crippen LogP contribution is 2.35. The van der Waals surface area contributed by atoms with Gasteiger partial charge in [-0.1, -0.05) is 20.8 Å². The van der Waals surface area contributed by atoms with Gasteiger partial charge in [-0.3, -0.25) is 0 Å². The number of rotatable bonds is 2. The second-order valence-corrected chi connectivity index (χ2v) is 5.19. The molecule has 0 radical (unpaired) electrons. The van der Waals surface area contributed by atoms with Gasteiger partial charge in [0.2, 0.25) is 0 Å². The third kappa shape index (κ3) is 2.68. The zero-order chi connectivity index (χ0) is 10.1. The van der Waals surface area contributed by atoms with Gasteiger partial charge in [-0.2, -0.15) is 0 Å². The zero-order valence-electron chi connectivity index (χ0n) is 9.09. The first-order chi connectivity index (χ1) is 5.94. The molecule has 0 bridgehead atoms. The van der Waals surface area contributed by atoms with Crippen LogP contribution in [0.3, 0.4) is 0 Å². The van der Waals surface area contributed by atoms with E-state index in [0.717, 1.165) is 25.7 Å². The van der Waals surface area contributed by atoms with E-state index >= 15 is 0 Å². The molecule has 0 aromatic rings. The minimum atomic E-state index is -0.583. The highest BCUT2D eigenvalue weighted by molar-refractivity contribution is 4.94. The Bertz CT molecular complexity index is 169. The lowest BCUT2D eigenvalue weighted by atomic mass is 9.72. The summed E-state index contributed by atoms with van der Waals surface area (Å²) in [6.45, 7) is 6.50. The van der Waals surface area contributed by atoms with Gasteiger partial charge in [0, 0.05) is 6.04 Å². The normalized spacial score (nSPS) is 41.1. The van der Waals surface area contributed by atoms with Gasteiger partial charge in [-0.05, 0) is 37.5 Å². The largest absolute Gasteiger partial charge is 0.388 e. The third-order valence-corrected chi connectivity index (χ3v) is 3.18. The quantitative estimate of drug-likeness (QED) is 0.690. The van der Waals surface area contributed by atoms with E-state index in [2.05, 4.69) is 20.8 Å². The summed E-state index contributed by atoms with van der Waals surface area (Å²) in [6, 6.07) is -0.0151. The van der Waals surface area contributed by atoms with E-state index < -0.39 is 5.60 Å². The third-order valence-electron chi connectivity index (χ3n) is 3.18. The Kier molecular flexibility index (Phi) is 3.36. The molecule has 1 aliphatic carbocycles. The molecule has 0 heterocycles. The molecule has 0 amide bonds. The predicted octanol–water partition coefficient (Wildman–Crippen LogP) is 1.91. The van der Waals surface area contributed by atoms with Gasteiger partial charge in [0.1, 0.15) is 0 Å². The Morgan fingerprint density at radius 3 is 2.62 bits per heavy atom. The fourth-order valence-electron chi connectivity index (χ4n) is 2.41. The second kappa shape index (κ2) is 3.97. The molecule has 13 heavy (non-hydrogen) atoms. The van der Waals surface area contributed by atoms with E-state index in [0.29, 0.717) is 11.8 Å². The topological polar surface area (TPSA) is 46.2 Å². The van der Waals surface area contributed by atoms with Crippen LogP contribution in [0.25, 0.3) is 0 Å². The van der Waals surface area contributed by atoms with Crippen LogP contribution in [0.15, 0.2) is 0 Å². The molecule has 0 aromatic heterocycles. The van der Waals surface area contributed by atoms with Crippen LogP contribution in [-0.2, 0) is 0 Å². The van der Waals surface area contributed by atoms with Gasteiger partial charge in [0.05, 0.1) is 5.60 Å². The van der Waals surface area contributed by atoms with Crippen LogP contribution in [-0.4, -0.2) is 16.7 Å². The van der Waals surface area contributed by atoms with Crippen molar-refractivity contribution in [2.24, 2.45) is 17.6 Å². The fourth-order valence-corrected chi connectivity index (χ4v) is 2.41. The van der Waals surface area contributed by atoms with Gasteiger partial charge in [0.25, 0.3) is 0 Å². The molecule has 1 fully saturated rings. The van der Waals surface area contributed by atoms with E-state index in [-0.39, 0.29) is 6.04 Å². The Labute approximate surface area is 81.5 Å². The molecule has 0 saturated heterocycles. The van der Waals surface area contributed by atoms with E-state index in [9.17, 15) is 5.11 Å². The highest BCUT2D eigenvalue weighted by atomic mass is 16.3. The summed E-state index contributed by atoms with van der Waals surface area (Å²) < 4.78 is 0. The minimum Gasteiger partial charge on any atom is -0.388 e. The molecule has 2 heteroatoms. The summed E-state index contributed by atoms with van der Waals surface area (Å²) in [5.74, 6) is 1.21. The molecule has 1 saturated carbocycles. The van der Waals surface area contributed by atoms with Crippen molar-refractivity contribution in [2.75, 3.05) is 0 Å². The molecule has 0 spiro atoms. The van der Waals surface area contributed by atoms with Crippen LogP contribution in [0.5, 0.6) is 0 Å². The molecule has 78 valence electrons. The van der Waals surface area contributed by atoms with Gasteiger partial charge < -0.3 is 10.8 Å². The molecule has 1 rings (SSSR count). The maximum absolute atomic E-state index is 10.3. The van der Waals surface area contributed by atoms with Crippen molar-refractivity contribution in [2.45, 2.75) is 58.1 Å². The lowest BCUT2D eigenvalue weighted by molar-refractivity contribution is -0.0412. The van der Waals surface area contributed by atoms with E-state index in [1.807, 2.05) is 0 Å². The van der Waals surface area contributed by atoms with Gasteiger partial charge >= 0.3 is 0 Å². The number of aliphatic hydroxyl groups is 1. The smallest absolute Gasteiger partial charge is 0.0800 e.